The number of amides is 2. The summed E-state index contributed by atoms with van der Waals surface area (Å²) < 4.78 is 36.4. The smallest absolute Gasteiger partial charge is 0.252 e. The van der Waals surface area contributed by atoms with Crippen molar-refractivity contribution in [2.45, 2.75) is 58.2 Å². The van der Waals surface area contributed by atoms with E-state index in [-0.39, 0.29) is 11.8 Å². The van der Waals surface area contributed by atoms with Crippen molar-refractivity contribution >= 4 is 11.8 Å². The van der Waals surface area contributed by atoms with Gasteiger partial charge in [0.1, 0.15) is 0 Å². The van der Waals surface area contributed by atoms with Gasteiger partial charge in [-0.15, -0.1) is 0 Å². The van der Waals surface area contributed by atoms with Crippen LogP contribution in [-0.2, 0) is 4.79 Å². The SMILES string of the molecule is [2H]C([2H])([2H])C([2H])([2H])/C=C\C/C=C\C/C=C\C/C=C\C/C=C\CCCC(=O)NCCNC(=O)c1cccnc1. The maximum Gasteiger partial charge on any atom is 0.252 e. The molecular weight excluding hydrogens is 410 g/mol. The lowest BCUT2D eigenvalue weighted by molar-refractivity contribution is -0.121. The summed E-state index contributed by atoms with van der Waals surface area (Å²) in [5.41, 5.74) is 0.493. The number of pyridine rings is 1. The minimum absolute atomic E-state index is 0.0248. The van der Waals surface area contributed by atoms with Gasteiger partial charge in [-0.2, -0.15) is 0 Å². The van der Waals surface area contributed by atoms with Gasteiger partial charge in [0.25, 0.3) is 5.91 Å². The van der Waals surface area contributed by atoms with Crippen molar-refractivity contribution in [1.82, 2.24) is 15.6 Å². The average Bonchev–Trinajstić information content (AvgIpc) is 2.88. The highest BCUT2D eigenvalue weighted by Crippen LogP contribution is 1.99. The molecule has 1 rings (SSSR count). The Balaban J connectivity index is 2.00. The molecule has 2 amide bonds. The molecule has 33 heavy (non-hydrogen) atoms. The lowest BCUT2D eigenvalue weighted by atomic mass is 10.2. The summed E-state index contributed by atoms with van der Waals surface area (Å²) in [4.78, 5) is 27.6. The molecule has 178 valence electrons. The van der Waals surface area contributed by atoms with E-state index in [1.54, 1.807) is 18.3 Å². The molecule has 0 radical (unpaired) electrons. The van der Waals surface area contributed by atoms with E-state index >= 15 is 0 Å². The Kier molecular flexibility index (Phi) is 12.8. The average molecular weight is 455 g/mol. The Labute approximate surface area is 206 Å². The van der Waals surface area contributed by atoms with Crippen molar-refractivity contribution in [3.8, 4) is 0 Å². The number of hydrogen-bond donors (Lipinski definition) is 2. The Bertz CT molecular complexity index is 968. The summed E-state index contributed by atoms with van der Waals surface area (Å²) >= 11 is 0. The number of unbranched alkanes of at least 4 members (excludes halogenated alkanes) is 1. The third-order valence-electron chi connectivity index (χ3n) is 4.39. The van der Waals surface area contributed by atoms with Gasteiger partial charge in [-0.25, -0.2) is 0 Å². The number of nitrogens with zero attached hydrogens (tertiary/aromatic N) is 1. The fourth-order valence-corrected chi connectivity index (χ4v) is 2.68. The van der Waals surface area contributed by atoms with E-state index in [0.29, 0.717) is 31.5 Å². The molecule has 0 bridgehead atoms. The van der Waals surface area contributed by atoms with E-state index < -0.39 is 13.2 Å². The quantitative estimate of drug-likeness (QED) is 0.229. The second-order valence-corrected chi connectivity index (χ2v) is 7.11. The zero-order valence-corrected chi connectivity index (χ0v) is 19.2. The van der Waals surface area contributed by atoms with Gasteiger partial charge < -0.3 is 10.6 Å². The molecule has 0 saturated heterocycles. The first-order valence-corrected chi connectivity index (χ1v) is 11.4. The van der Waals surface area contributed by atoms with Crippen LogP contribution < -0.4 is 10.6 Å². The van der Waals surface area contributed by atoms with Crippen molar-refractivity contribution in [3.63, 3.8) is 0 Å². The third kappa shape index (κ3) is 17.1. The van der Waals surface area contributed by atoms with Gasteiger partial charge in [-0.05, 0) is 57.0 Å². The molecule has 1 aromatic heterocycles. The van der Waals surface area contributed by atoms with Gasteiger partial charge >= 0.3 is 0 Å². The summed E-state index contributed by atoms with van der Waals surface area (Å²) in [7, 11) is 0. The second kappa shape index (κ2) is 20.7. The van der Waals surface area contributed by atoms with E-state index in [0.717, 1.165) is 38.2 Å². The Morgan fingerprint density at radius 3 is 2.12 bits per heavy atom. The van der Waals surface area contributed by atoms with Crippen LogP contribution in [0, 0.1) is 0 Å². The summed E-state index contributed by atoms with van der Waals surface area (Å²) in [6.07, 6.45) is 24.7. The van der Waals surface area contributed by atoms with Gasteiger partial charge in [0.15, 0.2) is 0 Å². The molecule has 0 atom stereocenters. The van der Waals surface area contributed by atoms with E-state index in [9.17, 15) is 9.59 Å². The minimum Gasteiger partial charge on any atom is -0.354 e. The molecule has 1 heterocycles. The molecule has 0 aliphatic rings. The predicted molar refractivity (Wildman–Crippen MR) is 138 cm³/mol. The van der Waals surface area contributed by atoms with Crippen molar-refractivity contribution < 1.29 is 16.4 Å². The summed E-state index contributed by atoms with van der Waals surface area (Å²) in [5, 5.41) is 5.54. The number of allylic oxidation sites excluding steroid dienone is 10. The number of aromatic nitrogens is 1. The summed E-state index contributed by atoms with van der Waals surface area (Å²) in [6.45, 7) is -1.89. The maximum atomic E-state index is 11.9. The normalized spacial score (nSPS) is 15.1. The molecule has 0 aliphatic heterocycles. The van der Waals surface area contributed by atoms with Crippen LogP contribution in [-0.4, -0.2) is 29.9 Å². The second-order valence-electron chi connectivity index (χ2n) is 7.11. The van der Waals surface area contributed by atoms with E-state index in [2.05, 4.69) is 46.0 Å². The fraction of sp³-hybridized carbons (Fsp3) is 0.393. The Morgan fingerprint density at radius 2 is 1.52 bits per heavy atom. The molecule has 0 fully saturated rings. The zero-order chi connectivity index (χ0) is 28.1. The third-order valence-corrected chi connectivity index (χ3v) is 4.39. The van der Waals surface area contributed by atoms with Crippen LogP contribution in [0.2, 0.25) is 0 Å². The van der Waals surface area contributed by atoms with Crippen LogP contribution in [0.4, 0.5) is 0 Å². The summed E-state index contributed by atoms with van der Waals surface area (Å²) in [5.74, 6) is -0.233. The number of nitrogens with one attached hydrogen (secondary N) is 2. The number of rotatable bonds is 17. The lowest BCUT2D eigenvalue weighted by Crippen LogP contribution is -2.34. The van der Waals surface area contributed by atoms with Crippen molar-refractivity contribution in [3.05, 3.63) is 90.9 Å². The zero-order valence-electron chi connectivity index (χ0n) is 24.2. The lowest BCUT2D eigenvalue weighted by Gasteiger charge is -2.06. The molecule has 2 N–H and O–H groups in total. The van der Waals surface area contributed by atoms with Crippen LogP contribution in [0.15, 0.2) is 85.3 Å². The standard InChI is InChI=1S/C28H39N3O2/c1-2-3-4-5-6-7-8-9-10-11-12-13-14-15-16-17-18-21-27(32)30-23-24-31-28(33)26-20-19-22-29-25-26/h3-4,6-7,9-10,12-13,15-16,19-20,22,25H,2,5,8,11,14,17-18,21,23-24H2,1H3,(H,30,32)(H,31,33)/b4-3-,7-6-,10-9-,13-12-,16-15-/i1D3,2D2. The predicted octanol–water partition coefficient (Wildman–Crippen LogP) is 5.85. The maximum absolute atomic E-state index is 11.9. The van der Waals surface area contributed by atoms with Crippen LogP contribution >= 0.6 is 0 Å². The molecule has 0 aromatic carbocycles. The van der Waals surface area contributed by atoms with Gasteiger partial charge in [0.05, 0.1) is 5.56 Å². The van der Waals surface area contributed by atoms with Gasteiger partial charge in [-0.1, -0.05) is 67.6 Å². The first-order chi connectivity index (χ1) is 18.1. The van der Waals surface area contributed by atoms with Crippen LogP contribution in [0.25, 0.3) is 0 Å². The number of carbonyl (C=O) groups is 2. The molecule has 5 nitrogen and oxygen atoms in total. The molecular formula is C28H39N3O2. The van der Waals surface area contributed by atoms with Gasteiger partial charge in [0, 0.05) is 38.8 Å². The Morgan fingerprint density at radius 1 is 0.909 bits per heavy atom. The van der Waals surface area contributed by atoms with E-state index in [1.165, 1.54) is 12.3 Å². The molecule has 0 aliphatic carbocycles. The monoisotopic (exact) mass is 454 g/mol. The highest BCUT2D eigenvalue weighted by Gasteiger charge is 2.04. The van der Waals surface area contributed by atoms with Gasteiger partial charge in [0.2, 0.25) is 5.91 Å². The minimum atomic E-state index is -2.65. The first kappa shape index (κ1) is 20.4. The topological polar surface area (TPSA) is 71.1 Å². The van der Waals surface area contributed by atoms with Crippen LogP contribution in [0.1, 0.15) is 75.4 Å². The Hall–Kier alpha value is -3.21. The summed E-state index contributed by atoms with van der Waals surface area (Å²) in [6, 6.07) is 3.38. The van der Waals surface area contributed by atoms with E-state index in [4.69, 9.17) is 6.85 Å². The fourth-order valence-electron chi connectivity index (χ4n) is 2.68. The molecule has 1 aromatic rings. The van der Waals surface area contributed by atoms with Crippen molar-refractivity contribution in [2.75, 3.05) is 13.1 Å². The molecule has 0 spiro atoms. The van der Waals surface area contributed by atoms with Crippen molar-refractivity contribution in [1.29, 1.82) is 0 Å². The molecule has 5 heteroatoms. The van der Waals surface area contributed by atoms with Gasteiger partial charge in [-0.3, -0.25) is 14.6 Å². The number of hydrogen-bond acceptors (Lipinski definition) is 3. The first-order valence-electron chi connectivity index (χ1n) is 13.9. The molecule has 0 saturated carbocycles. The highest BCUT2D eigenvalue weighted by atomic mass is 16.2. The van der Waals surface area contributed by atoms with E-state index in [1.807, 2.05) is 18.2 Å². The highest BCUT2D eigenvalue weighted by molar-refractivity contribution is 5.93. The largest absolute Gasteiger partial charge is 0.354 e. The molecule has 0 unspecified atom stereocenters. The number of carbonyl (C=O) groups excluding carboxylic acids is 2. The van der Waals surface area contributed by atoms with Crippen LogP contribution in [0.3, 0.4) is 0 Å². The van der Waals surface area contributed by atoms with Crippen molar-refractivity contribution in [2.24, 2.45) is 0 Å². The van der Waals surface area contributed by atoms with Crippen LogP contribution in [0.5, 0.6) is 0 Å².